The van der Waals surface area contributed by atoms with Crippen LogP contribution in [0.15, 0.2) is 6.07 Å². The van der Waals surface area contributed by atoms with Crippen LogP contribution in [0.4, 0.5) is 5.95 Å². The first-order chi connectivity index (χ1) is 10.4. The summed E-state index contributed by atoms with van der Waals surface area (Å²) in [6.45, 7) is 8.63. The molecule has 0 aliphatic carbocycles. The van der Waals surface area contributed by atoms with Crippen molar-refractivity contribution in [2.45, 2.75) is 33.6 Å². The normalized spacial score (nSPS) is 11.0. The number of hydrogen-bond donors (Lipinski definition) is 2. The fourth-order valence-electron chi connectivity index (χ4n) is 1.92. The molecule has 0 fully saturated rings. The van der Waals surface area contributed by atoms with Crippen molar-refractivity contribution in [1.82, 2.24) is 20.2 Å². The van der Waals surface area contributed by atoms with Crippen molar-refractivity contribution in [3.8, 4) is 0 Å². The van der Waals surface area contributed by atoms with Crippen molar-refractivity contribution in [2.24, 2.45) is 5.92 Å². The molecule has 6 nitrogen and oxygen atoms in total. The Morgan fingerprint density at radius 2 is 2.00 bits per heavy atom. The highest BCUT2D eigenvalue weighted by Crippen LogP contribution is 2.06. The monoisotopic (exact) mass is 307 g/mol. The topological polar surface area (TPSA) is 70.2 Å². The Morgan fingerprint density at radius 3 is 2.64 bits per heavy atom. The van der Waals surface area contributed by atoms with Gasteiger partial charge in [0.05, 0.1) is 0 Å². The number of anilines is 1. The van der Waals surface area contributed by atoms with Crippen LogP contribution in [0.5, 0.6) is 0 Å². The predicted octanol–water partition coefficient (Wildman–Crippen LogP) is 1.92. The molecule has 0 saturated heterocycles. The lowest BCUT2D eigenvalue weighted by atomic mass is 10.1. The zero-order chi connectivity index (χ0) is 16.5. The summed E-state index contributed by atoms with van der Waals surface area (Å²) in [5.41, 5.74) is 1.21. The predicted molar refractivity (Wildman–Crippen MR) is 90.2 cm³/mol. The minimum Gasteiger partial charge on any atom is -0.354 e. The van der Waals surface area contributed by atoms with Crippen molar-refractivity contribution >= 4 is 11.9 Å². The van der Waals surface area contributed by atoms with Gasteiger partial charge in [-0.2, -0.15) is 0 Å². The van der Waals surface area contributed by atoms with E-state index in [0.29, 0.717) is 24.1 Å². The van der Waals surface area contributed by atoms with E-state index >= 15 is 0 Å². The highest BCUT2D eigenvalue weighted by atomic mass is 16.1. The Bertz CT molecular complexity index is 474. The maximum atomic E-state index is 12.1. The van der Waals surface area contributed by atoms with E-state index < -0.39 is 0 Å². The summed E-state index contributed by atoms with van der Waals surface area (Å²) in [6, 6.07) is 1.72. The van der Waals surface area contributed by atoms with Crippen molar-refractivity contribution in [1.29, 1.82) is 0 Å². The smallest absolute Gasteiger partial charge is 0.270 e. The molecule has 0 saturated carbocycles. The lowest BCUT2D eigenvalue weighted by Crippen LogP contribution is -2.28. The van der Waals surface area contributed by atoms with Crippen molar-refractivity contribution < 1.29 is 4.79 Å². The molecule has 1 rings (SSSR count). The van der Waals surface area contributed by atoms with E-state index in [-0.39, 0.29) is 5.91 Å². The highest BCUT2D eigenvalue weighted by Gasteiger charge is 2.10. The lowest BCUT2D eigenvalue weighted by Gasteiger charge is -2.11. The fourth-order valence-corrected chi connectivity index (χ4v) is 1.92. The van der Waals surface area contributed by atoms with Gasteiger partial charge in [-0.1, -0.05) is 13.8 Å². The molecule has 22 heavy (non-hydrogen) atoms. The first-order valence-electron chi connectivity index (χ1n) is 7.91. The van der Waals surface area contributed by atoms with E-state index in [1.165, 1.54) is 0 Å². The summed E-state index contributed by atoms with van der Waals surface area (Å²) < 4.78 is 0. The molecule has 6 heteroatoms. The molecule has 0 aliphatic heterocycles. The van der Waals surface area contributed by atoms with Gasteiger partial charge in [-0.05, 0) is 52.4 Å². The number of hydrogen-bond acceptors (Lipinski definition) is 5. The Balaban J connectivity index is 2.54. The van der Waals surface area contributed by atoms with Crippen LogP contribution in [-0.2, 0) is 0 Å². The van der Waals surface area contributed by atoms with E-state index in [1.54, 1.807) is 6.07 Å². The summed E-state index contributed by atoms with van der Waals surface area (Å²) in [4.78, 5) is 22.9. The third-order valence-corrected chi connectivity index (χ3v) is 3.16. The second kappa shape index (κ2) is 9.35. The zero-order valence-corrected chi connectivity index (χ0v) is 14.4. The third kappa shape index (κ3) is 7.36. The first kappa shape index (κ1) is 18.4. The molecule has 0 aromatic carbocycles. The number of aryl methyl sites for hydroxylation is 1. The molecule has 0 bridgehead atoms. The molecular weight excluding hydrogens is 278 g/mol. The first-order valence-corrected chi connectivity index (χ1v) is 7.91. The van der Waals surface area contributed by atoms with Gasteiger partial charge in [-0.3, -0.25) is 4.79 Å². The molecule has 2 N–H and O–H groups in total. The highest BCUT2D eigenvalue weighted by molar-refractivity contribution is 5.92. The third-order valence-electron chi connectivity index (χ3n) is 3.16. The van der Waals surface area contributed by atoms with Gasteiger partial charge in [0, 0.05) is 18.8 Å². The van der Waals surface area contributed by atoms with Gasteiger partial charge in [0.2, 0.25) is 5.95 Å². The number of aromatic nitrogens is 2. The van der Waals surface area contributed by atoms with E-state index in [4.69, 9.17) is 0 Å². The molecule has 1 heterocycles. The van der Waals surface area contributed by atoms with E-state index in [0.717, 1.165) is 31.6 Å². The van der Waals surface area contributed by atoms with Crippen LogP contribution in [0, 0.1) is 12.8 Å². The number of carbonyl (C=O) groups is 1. The molecule has 0 atom stereocenters. The van der Waals surface area contributed by atoms with Crippen LogP contribution in [0.2, 0.25) is 0 Å². The molecule has 0 radical (unpaired) electrons. The Kier molecular flexibility index (Phi) is 7.80. The SMILES string of the molecule is Cc1cc(C(=O)NCCCN(C)C)nc(NCCC(C)C)n1. The Labute approximate surface area is 133 Å². The average Bonchev–Trinajstić information content (AvgIpc) is 2.42. The van der Waals surface area contributed by atoms with Gasteiger partial charge in [-0.25, -0.2) is 9.97 Å². The summed E-state index contributed by atoms with van der Waals surface area (Å²) in [6.07, 6.45) is 1.96. The quantitative estimate of drug-likeness (QED) is 0.682. The molecule has 1 amide bonds. The fraction of sp³-hybridized carbons (Fsp3) is 0.688. The number of carbonyl (C=O) groups excluding carboxylic acids is 1. The summed E-state index contributed by atoms with van der Waals surface area (Å²) >= 11 is 0. The van der Waals surface area contributed by atoms with Crippen LogP contribution >= 0.6 is 0 Å². The van der Waals surface area contributed by atoms with E-state index in [2.05, 4.69) is 39.3 Å². The number of nitrogens with zero attached hydrogens (tertiary/aromatic N) is 3. The Hall–Kier alpha value is -1.69. The molecule has 1 aromatic rings. The summed E-state index contributed by atoms with van der Waals surface area (Å²) in [5, 5.41) is 6.08. The summed E-state index contributed by atoms with van der Waals surface area (Å²) in [7, 11) is 4.04. The second-order valence-corrected chi connectivity index (χ2v) is 6.24. The average molecular weight is 307 g/mol. The van der Waals surface area contributed by atoms with Crippen LogP contribution in [0.1, 0.15) is 42.9 Å². The minimum atomic E-state index is -0.142. The molecular formula is C16H29N5O. The molecule has 1 aromatic heterocycles. The maximum absolute atomic E-state index is 12.1. The van der Waals surface area contributed by atoms with Gasteiger partial charge in [0.15, 0.2) is 0 Å². The number of amides is 1. The Morgan fingerprint density at radius 1 is 1.27 bits per heavy atom. The maximum Gasteiger partial charge on any atom is 0.270 e. The van der Waals surface area contributed by atoms with E-state index in [1.807, 2.05) is 21.0 Å². The van der Waals surface area contributed by atoms with Crippen LogP contribution in [-0.4, -0.2) is 54.5 Å². The number of nitrogens with one attached hydrogen (secondary N) is 2. The molecule has 0 spiro atoms. The van der Waals surface area contributed by atoms with Gasteiger partial charge in [0.1, 0.15) is 5.69 Å². The van der Waals surface area contributed by atoms with E-state index in [9.17, 15) is 4.79 Å². The van der Waals surface area contributed by atoms with Gasteiger partial charge in [0.25, 0.3) is 5.91 Å². The number of rotatable bonds is 9. The van der Waals surface area contributed by atoms with Gasteiger partial charge < -0.3 is 15.5 Å². The van der Waals surface area contributed by atoms with Crippen LogP contribution in [0.25, 0.3) is 0 Å². The van der Waals surface area contributed by atoms with Crippen molar-refractivity contribution in [2.75, 3.05) is 39.0 Å². The van der Waals surface area contributed by atoms with Crippen LogP contribution in [0.3, 0.4) is 0 Å². The minimum absolute atomic E-state index is 0.142. The van der Waals surface area contributed by atoms with Gasteiger partial charge >= 0.3 is 0 Å². The summed E-state index contributed by atoms with van der Waals surface area (Å²) in [5.74, 6) is 1.01. The molecule has 0 unspecified atom stereocenters. The van der Waals surface area contributed by atoms with Crippen LogP contribution < -0.4 is 10.6 Å². The molecule has 124 valence electrons. The second-order valence-electron chi connectivity index (χ2n) is 6.24. The molecule has 0 aliphatic rings. The largest absolute Gasteiger partial charge is 0.354 e. The lowest BCUT2D eigenvalue weighted by molar-refractivity contribution is 0.0947. The van der Waals surface area contributed by atoms with Gasteiger partial charge in [-0.15, -0.1) is 0 Å². The van der Waals surface area contributed by atoms with Crippen molar-refractivity contribution in [3.63, 3.8) is 0 Å². The van der Waals surface area contributed by atoms with Crippen molar-refractivity contribution in [3.05, 3.63) is 17.5 Å². The standard InChI is InChI=1S/C16H29N5O/c1-12(2)7-9-18-16-19-13(3)11-14(20-16)15(22)17-8-6-10-21(4)5/h11-12H,6-10H2,1-5H3,(H,17,22)(H,18,19,20). The zero-order valence-electron chi connectivity index (χ0n) is 14.4.